The van der Waals surface area contributed by atoms with E-state index in [1.165, 1.54) is 12.1 Å². The smallest absolute Gasteiger partial charge is 0.336 e. The Bertz CT molecular complexity index is 438. The van der Waals surface area contributed by atoms with Crippen LogP contribution in [0, 0.1) is 11.3 Å². The summed E-state index contributed by atoms with van der Waals surface area (Å²) in [5, 5.41) is 17.3. The molecular formula is C11H9F2NO2. The number of alkyl halides is 2. The van der Waals surface area contributed by atoms with Crippen molar-refractivity contribution in [2.24, 2.45) is 0 Å². The number of carboxylic acids is 1. The SMILES string of the molecule is N#CCCc1cccc(C(F)F)c1C(=O)O. The first-order valence-corrected chi connectivity index (χ1v) is 4.58. The summed E-state index contributed by atoms with van der Waals surface area (Å²) >= 11 is 0. The van der Waals surface area contributed by atoms with Gasteiger partial charge in [0.25, 0.3) is 6.43 Å². The van der Waals surface area contributed by atoms with E-state index in [1.807, 2.05) is 6.07 Å². The summed E-state index contributed by atoms with van der Waals surface area (Å²) in [6.07, 6.45) is -2.56. The second-order valence-electron chi connectivity index (χ2n) is 3.15. The lowest BCUT2D eigenvalue weighted by Gasteiger charge is -2.09. The van der Waals surface area contributed by atoms with Crippen molar-refractivity contribution < 1.29 is 18.7 Å². The van der Waals surface area contributed by atoms with E-state index in [-0.39, 0.29) is 24.0 Å². The summed E-state index contributed by atoms with van der Waals surface area (Å²) in [4.78, 5) is 10.9. The van der Waals surface area contributed by atoms with Gasteiger partial charge in [-0.2, -0.15) is 5.26 Å². The molecule has 0 atom stereocenters. The molecule has 5 heteroatoms. The third-order valence-corrected chi connectivity index (χ3v) is 2.14. The number of aromatic carboxylic acids is 1. The molecule has 0 heterocycles. The zero-order valence-electron chi connectivity index (χ0n) is 8.28. The Labute approximate surface area is 90.9 Å². The van der Waals surface area contributed by atoms with Gasteiger partial charge in [0.1, 0.15) is 0 Å². The fourth-order valence-electron chi connectivity index (χ4n) is 1.46. The van der Waals surface area contributed by atoms with Crippen LogP contribution in [0.15, 0.2) is 18.2 Å². The highest BCUT2D eigenvalue weighted by molar-refractivity contribution is 5.91. The molecule has 0 radical (unpaired) electrons. The molecule has 3 nitrogen and oxygen atoms in total. The van der Waals surface area contributed by atoms with Gasteiger partial charge >= 0.3 is 5.97 Å². The fourth-order valence-corrected chi connectivity index (χ4v) is 1.46. The average Bonchev–Trinajstić information content (AvgIpc) is 2.25. The number of halogens is 2. The van der Waals surface area contributed by atoms with E-state index >= 15 is 0 Å². The first-order valence-electron chi connectivity index (χ1n) is 4.58. The minimum Gasteiger partial charge on any atom is -0.478 e. The van der Waals surface area contributed by atoms with Gasteiger partial charge in [-0.1, -0.05) is 18.2 Å². The van der Waals surface area contributed by atoms with E-state index < -0.39 is 18.0 Å². The van der Waals surface area contributed by atoms with E-state index in [2.05, 4.69) is 0 Å². The van der Waals surface area contributed by atoms with Gasteiger partial charge in [-0.05, 0) is 12.0 Å². The number of hydrogen-bond acceptors (Lipinski definition) is 2. The van der Waals surface area contributed by atoms with Crippen molar-refractivity contribution in [1.29, 1.82) is 5.26 Å². The van der Waals surface area contributed by atoms with Gasteiger partial charge in [-0.25, -0.2) is 13.6 Å². The molecular weight excluding hydrogens is 216 g/mol. The van der Waals surface area contributed by atoms with Crippen LogP contribution in [0.3, 0.4) is 0 Å². The van der Waals surface area contributed by atoms with Crippen LogP contribution in [-0.4, -0.2) is 11.1 Å². The summed E-state index contributed by atoms with van der Waals surface area (Å²) in [6, 6.07) is 5.76. The Morgan fingerprint density at radius 3 is 2.69 bits per heavy atom. The van der Waals surface area contributed by atoms with Crippen molar-refractivity contribution in [1.82, 2.24) is 0 Å². The highest BCUT2D eigenvalue weighted by Gasteiger charge is 2.20. The van der Waals surface area contributed by atoms with Crippen molar-refractivity contribution in [2.45, 2.75) is 19.3 Å². The van der Waals surface area contributed by atoms with Crippen LogP contribution in [0.4, 0.5) is 8.78 Å². The maximum Gasteiger partial charge on any atom is 0.336 e. The van der Waals surface area contributed by atoms with Crippen LogP contribution in [0.1, 0.15) is 34.3 Å². The number of nitriles is 1. The summed E-state index contributed by atoms with van der Waals surface area (Å²) in [5.74, 6) is -1.39. The van der Waals surface area contributed by atoms with E-state index in [1.54, 1.807) is 0 Å². The number of aryl methyl sites for hydroxylation is 1. The van der Waals surface area contributed by atoms with Crippen LogP contribution < -0.4 is 0 Å². The zero-order chi connectivity index (χ0) is 12.1. The Balaban J connectivity index is 3.22. The molecule has 0 unspecified atom stereocenters. The quantitative estimate of drug-likeness (QED) is 0.856. The number of benzene rings is 1. The maximum absolute atomic E-state index is 12.6. The Morgan fingerprint density at radius 2 is 2.19 bits per heavy atom. The molecule has 0 aliphatic carbocycles. The normalized spacial score (nSPS) is 10.1. The van der Waals surface area contributed by atoms with Gasteiger partial charge in [-0.15, -0.1) is 0 Å². The monoisotopic (exact) mass is 225 g/mol. The number of hydrogen-bond donors (Lipinski definition) is 1. The standard InChI is InChI=1S/C11H9F2NO2/c12-10(13)8-5-1-3-7(4-2-6-14)9(8)11(15)16/h1,3,5,10H,2,4H2,(H,15,16). The second-order valence-corrected chi connectivity index (χ2v) is 3.15. The van der Waals surface area contributed by atoms with Crippen molar-refractivity contribution >= 4 is 5.97 Å². The van der Waals surface area contributed by atoms with Crippen LogP contribution >= 0.6 is 0 Å². The lowest BCUT2D eigenvalue weighted by atomic mass is 9.98. The number of nitrogens with zero attached hydrogens (tertiary/aromatic N) is 1. The first-order chi connectivity index (χ1) is 7.57. The molecule has 1 N–H and O–H groups in total. The minimum absolute atomic E-state index is 0.104. The third-order valence-electron chi connectivity index (χ3n) is 2.14. The third kappa shape index (κ3) is 2.54. The molecule has 0 saturated heterocycles. The van der Waals surface area contributed by atoms with E-state index in [0.29, 0.717) is 0 Å². The molecule has 0 saturated carbocycles. The lowest BCUT2D eigenvalue weighted by Crippen LogP contribution is -2.07. The van der Waals surface area contributed by atoms with Gasteiger partial charge < -0.3 is 5.11 Å². The van der Waals surface area contributed by atoms with Crippen molar-refractivity contribution in [3.63, 3.8) is 0 Å². The summed E-state index contributed by atoms with van der Waals surface area (Å²) in [7, 11) is 0. The molecule has 0 spiro atoms. The van der Waals surface area contributed by atoms with E-state index in [4.69, 9.17) is 10.4 Å². The minimum atomic E-state index is -2.83. The van der Waals surface area contributed by atoms with Gasteiger partial charge in [0.2, 0.25) is 0 Å². The highest BCUT2D eigenvalue weighted by atomic mass is 19.3. The van der Waals surface area contributed by atoms with Crippen molar-refractivity contribution in [3.05, 3.63) is 34.9 Å². The summed E-state index contributed by atoms with van der Waals surface area (Å²) in [6.45, 7) is 0. The topological polar surface area (TPSA) is 61.1 Å². The molecule has 0 aliphatic heterocycles. The highest BCUT2D eigenvalue weighted by Crippen LogP contribution is 2.26. The molecule has 16 heavy (non-hydrogen) atoms. The van der Waals surface area contributed by atoms with Crippen LogP contribution in [0.5, 0.6) is 0 Å². The fraction of sp³-hybridized carbons (Fsp3) is 0.273. The first kappa shape index (κ1) is 12.1. The zero-order valence-corrected chi connectivity index (χ0v) is 8.28. The molecule has 0 aliphatic rings. The van der Waals surface area contributed by atoms with Crippen molar-refractivity contribution in [2.75, 3.05) is 0 Å². The Morgan fingerprint density at radius 1 is 1.50 bits per heavy atom. The van der Waals surface area contributed by atoms with Crippen LogP contribution in [0.2, 0.25) is 0 Å². The van der Waals surface area contributed by atoms with E-state index in [9.17, 15) is 13.6 Å². The van der Waals surface area contributed by atoms with E-state index in [0.717, 1.165) is 6.07 Å². The molecule has 0 amide bonds. The number of carbonyl (C=O) groups is 1. The molecule has 0 aromatic heterocycles. The number of carboxylic acid groups (broad SMARTS) is 1. The summed E-state index contributed by atoms with van der Waals surface area (Å²) < 4.78 is 25.1. The van der Waals surface area contributed by atoms with Crippen LogP contribution in [0.25, 0.3) is 0 Å². The lowest BCUT2D eigenvalue weighted by molar-refractivity contribution is 0.0683. The Kier molecular flexibility index (Phi) is 3.95. The van der Waals surface area contributed by atoms with Crippen molar-refractivity contribution in [3.8, 4) is 6.07 Å². The van der Waals surface area contributed by atoms with Gasteiger partial charge in [0, 0.05) is 12.0 Å². The van der Waals surface area contributed by atoms with Crippen LogP contribution in [-0.2, 0) is 6.42 Å². The van der Waals surface area contributed by atoms with Gasteiger partial charge in [-0.3, -0.25) is 0 Å². The largest absolute Gasteiger partial charge is 0.478 e. The van der Waals surface area contributed by atoms with Gasteiger partial charge in [0.15, 0.2) is 0 Å². The Hall–Kier alpha value is -1.96. The predicted molar refractivity (Wildman–Crippen MR) is 52.3 cm³/mol. The van der Waals surface area contributed by atoms with Gasteiger partial charge in [0.05, 0.1) is 11.6 Å². The molecule has 0 fully saturated rings. The maximum atomic E-state index is 12.6. The number of rotatable bonds is 4. The molecule has 1 aromatic carbocycles. The predicted octanol–water partition coefficient (Wildman–Crippen LogP) is 2.78. The second kappa shape index (κ2) is 5.21. The molecule has 1 aromatic rings. The molecule has 0 bridgehead atoms. The molecule has 1 rings (SSSR count). The molecule has 84 valence electrons. The average molecular weight is 225 g/mol. The summed E-state index contributed by atoms with van der Waals surface area (Å²) in [5.41, 5.74) is -0.609.